The minimum absolute atomic E-state index is 0. The SMILES string of the molecule is CC(C)CC[C@@H](c1cc(F)cc(F)c1)N1CCNCC1.Cl.Cl. The maximum atomic E-state index is 13.5. The minimum Gasteiger partial charge on any atom is -0.314 e. The molecule has 1 aliphatic heterocycles. The molecule has 1 fully saturated rings. The summed E-state index contributed by atoms with van der Waals surface area (Å²) in [7, 11) is 0. The summed E-state index contributed by atoms with van der Waals surface area (Å²) in [4.78, 5) is 2.34. The molecule has 0 radical (unpaired) electrons. The fourth-order valence-corrected chi connectivity index (χ4v) is 2.81. The van der Waals surface area contributed by atoms with E-state index in [9.17, 15) is 8.78 Å². The third kappa shape index (κ3) is 6.37. The first kappa shape index (κ1) is 21.6. The van der Waals surface area contributed by atoms with Crippen LogP contribution >= 0.6 is 24.8 Å². The Morgan fingerprint density at radius 1 is 1.00 bits per heavy atom. The van der Waals surface area contributed by atoms with Gasteiger partial charge in [-0.3, -0.25) is 4.90 Å². The molecule has 1 aromatic rings. The van der Waals surface area contributed by atoms with Gasteiger partial charge in [0.15, 0.2) is 0 Å². The second-order valence-electron chi connectivity index (χ2n) is 5.98. The van der Waals surface area contributed by atoms with Crippen LogP contribution in [0.25, 0.3) is 0 Å². The van der Waals surface area contributed by atoms with E-state index in [1.807, 2.05) is 0 Å². The highest BCUT2D eigenvalue weighted by atomic mass is 35.5. The van der Waals surface area contributed by atoms with E-state index in [0.29, 0.717) is 5.92 Å². The maximum absolute atomic E-state index is 13.5. The van der Waals surface area contributed by atoms with Crippen molar-refractivity contribution in [3.05, 3.63) is 35.4 Å². The summed E-state index contributed by atoms with van der Waals surface area (Å²) in [6.07, 6.45) is 2.01. The van der Waals surface area contributed by atoms with Gasteiger partial charge in [-0.25, -0.2) is 8.78 Å². The lowest BCUT2D eigenvalue weighted by Crippen LogP contribution is -2.45. The van der Waals surface area contributed by atoms with Crippen molar-refractivity contribution in [1.29, 1.82) is 0 Å². The molecule has 0 amide bonds. The van der Waals surface area contributed by atoms with Crippen molar-refractivity contribution in [3.8, 4) is 0 Å². The maximum Gasteiger partial charge on any atom is 0.126 e. The van der Waals surface area contributed by atoms with Gasteiger partial charge in [0, 0.05) is 38.3 Å². The molecule has 0 aliphatic carbocycles. The van der Waals surface area contributed by atoms with Gasteiger partial charge in [0.05, 0.1) is 0 Å². The number of nitrogens with zero attached hydrogens (tertiary/aromatic N) is 1. The predicted molar refractivity (Wildman–Crippen MR) is 92.1 cm³/mol. The molecule has 1 saturated heterocycles. The monoisotopic (exact) mass is 354 g/mol. The number of hydrogen-bond donors (Lipinski definition) is 1. The lowest BCUT2D eigenvalue weighted by atomic mass is 9.95. The van der Waals surface area contributed by atoms with E-state index in [1.165, 1.54) is 12.1 Å². The van der Waals surface area contributed by atoms with Crippen LogP contribution in [0.3, 0.4) is 0 Å². The number of benzene rings is 1. The van der Waals surface area contributed by atoms with Gasteiger partial charge >= 0.3 is 0 Å². The second kappa shape index (κ2) is 10.4. The molecule has 2 rings (SSSR count). The summed E-state index contributed by atoms with van der Waals surface area (Å²) in [6, 6.07) is 4.03. The van der Waals surface area contributed by atoms with Crippen LogP contribution in [-0.4, -0.2) is 31.1 Å². The van der Waals surface area contributed by atoms with Gasteiger partial charge in [0.1, 0.15) is 11.6 Å². The molecule has 0 saturated carbocycles. The molecule has 0 unspecified atom stereocenters. The zero-order valence-electron chi connectivity index (χ0n) is 13.1. The topological polar surface area (TPSA) is 15.3 Å². The Bertz CT molecular complexity index is 418. The van der Waals surface area contributed by atoms with Crippen molar-refractivity contribution in [2.75, 3.05) is 26.2 Å². The van der Waals surface area contributed by atoms with Crippen LogP contribution in [0.2, 0.25) is 0 Å². The van der Waals surface area contributed by atoms with E-state index < -0.39 is 11.6 Å². The third-order valence-corrected chi connectivity index (χ3v) is 3.88. The Hall–Kier alpha value is -0.420. The lowest BCUT2D eigenvalue weighted by molar-refractivity contribution is 0.159. The van der Waals surface area contributed by atoms with Crippen LogP contribution < -0.4 is 5.32 Å². The molecule has 1 N–H and O–H groups in total. The summed E-state index contributed by atoms with van der Waals surface area (Å²) in [5.74, 6) is -0.367. The van der Waals surface area contributed by atoms with Gasteiger partial charge in [-0.05, 0) is 36.5 Å². The molecule has 1 aliphatic rings. The quantitative estimate of drug-likeness (QED) is 0.852. The van der Waals surface area contributed by atoms with Gasteiger partial charge in [-0.2, -0.15) is 0 Å². The normalized spacial score (nSPS) is 16.8. The van der Waals surface area contributed by atoms with Crippen LogP contribution in [-0.2, 0) is 0 Å². The van der Waals surface area contributed by atoms with Crippen molar-refractivity contribution in [2.24, 2.45) is 5.92 Å². The van der Waals surface area contributed by atoms with Gasteiger partial charge in [-0.15, -0.1) is 24.8 Å². The minimum atomic E-state index is -0.482. The highest BCUT2D eigenvalue weighted by molar-refractivity contribution is 5.85. The molecule has 22 heavy (non-hydrogen) atoms. The average molecular weight is 355 g/mol. The van der Waals surface area contributed by atoms with Crippen molar-refractivity contribution < 1.29 is 8.78 Å². The van der Waals surface area contributed by atoms with E-state index in [0.717, 1.165) is 50.7 Å². The number of rotatable bonds is 5. The summed E-state index contributed by atoms with van der Waals surface area (Å²) < 4.78 is 27.0. The largest absolute Gasteiger partial charge is 0.314 e. The molecule has 0 spiro atoms. The molecule has 128 valence electrons. The summed E-state index contributed by atoms with van der Waals surface area (Å²) >= 11 is 0. The summed E-state index contributed by atoms with van der Waals surface area (Å²) in [6.45, 7) is 8.11. The van der Waals surface area contributed by atoms with Crippen molar-refractivity contribution in [2.45, 2.75) is 32.7 Å². The van der Waals surface area contributed by atoms with E-state index in [-0.39, 0.29) is 30.9 Å². The van der Waals surface area contributed by atoms with E-state index in [1.54, 1.807) is 0 Å². The zero-order chi connectivity index (χ0) is 14.5. The van der Waals surface area contributed by atoms with Crippen molar-refractivity contribution in [3.63, 3.8) is 0 Å². The number of hydrogen-bond acceptors (Lipinski definition) is 2. The number of nitrogens with one attached hydrogen (secondary N) is 1. The van der Waals surface area contributed by atoms with Crippen LogP contribution in [0.15, 0.2) is 18.2 Å². The molecule has 1 aromatic carbocycles. The van der Waals surface area contributed by atoms with Crippen LogP contribution in [0.5, 0.6) is 0 Å². The van der Waals surface area contributed by atoms with E-state index >= 15 is 0 Å². The van der Waals surface area contributed by atoms with Crippen molar-refractivity contribution in [1.82, 2.24) is 10.2 Å². The first-order chi connectivity index (χ1) is 9.56. The summed E-state index contributed by atoms with van der Waals surface area (Å²) in [5, 5.41) is 3.32. The van der Waals surface area contributed by atoms with E-state index in [4.69, 9.17) is 0 Å². The predicted octanol–water partition coefficient (Wildman–Crippen LogP) is 4.19. The van der Waals surface area contributed by atoms with Crippen molar-refractivity contribution >= 4 is 24.8 Å². The Balaban J connectivity index is 0.00000220. The zero-order valence-corrected chi connectivity index (χ0v) is 14.8. The molecule has 0 aromatic heterocycles. The highest BCUT2D eigenvalue weighted by Gasteiger charge is 2.23. The lowest BCUT2D eigenvalue weighted by Gasteiger charge is -2.35. The van der Waals surface area contributed by atoms with E-state index in [2.05, 4.69) is 24.1 Å². The van der Waals surface area contributed by atoms with Gasteiger partial charge in [0.25, 0.3) is 0 Å². The fourth-order valence-electron chi connectivity index (χ4n) is 2.81. The highest BCUT2D eigenvalue weighted by Crippen LogP contribution is 2.28. The molecule has 2 nitrogen and oxygen atoms in total. The first-order valence-electron chi connectivity index (χ1n) is 7.47. The number of halogens is 4. The molecular formula is C16H26Cl2F2N2. The summed E-state index contributed by atoms with van der Waals surface area (Å²) in [5.41, 5.74) is 0.769. The van der Waals surface area contributed by atoms with Crippen LogP contribution in [0.4, 0.5) is 8.78 Å². The standard InChI is InChI=1S/C16H24F2N2.2ClH/c1-12(2)3-4-16(20-7-5-19-6-8-20)13-9-14(17)11-15(18)10-13;;/h9-12,16,19H,3-8H2,1-2H3;2*1H/t16-;;/m0../s1. The smallest absolute Gasteiger partial charge is 0.126 e. The number of piperazine rings is 1. The molecular weight excluding hydrogens is 329 g/mol. The van der Waals surface area contributed by atoms with Gasteiger partial charge in [-0.1, -0.05) is 13.8 Å². The van der Waals surface area contributed by atoms with Gasteiger partial charge < -0.3 is 5.32 Å². The Morgan fingerprint density at radius 2 is 1.55 bits per heavy atom. The fraction of sp³-hybridized carbons (Fsp3) is 0.625. The second-order valence-corrected chi connectivity index (χ2v) is 5.98. The molecule has 1 heterocycles. The molecule has 6 heteroatoms. The molecule has 0 bridgehead atoms. The Kier molecular flexibility index (Phi) is 10.2. The average Bonchev–Trinajstić information content (AvgIpc) is 2.38. The first-order valence-corrected chi connectivity index (χ1v) is 7.47. The Morgan fingerprint density at radius 3 is 2.05 bits per heavy atom. The van der Waals surface area contributed by atoms with Gasteiger partial charge in [0.2, 0.25) is 0 Å². The van der Waals surface area contributed by atoms with Crippen LogP contribution in [0, 0.1) is 17.6 Å². The third-order valence-electron chi connectivity index (χ3n) is 3.88. The molecule has 1 atom stereocenters. The Labute approximate surface area is 144 Å². The van der Waals surface area contributed by atoms with Crippen LogP contribution in [0.1, 0.15) is 38.3 Å².